The highest BCUT2D eigenvalue weighted by Crippen LogP contribution is 2.65. The van der Waals surface area contributed by atoms with Gasteiger partial charge in [0.25, 0.3) is 11.8 Å². The topological polar surface area (TPSA) is 54.7 Å². The Kier molecular flexibility index (Phi) is 4.26. The van der Waals surface area contributed by atoms with Gasteiger partial charge in [-0.25, -0.2) is 0 Å². The van der Waals surface area contributed by atoms with E-state index in [1.54, 1.807) is 6.21 Å². The number of fused-ring (bicyclic) bond motifs is 1. The minimum atomic E-state index is -0.230. The van der Waals surface area contributed by atoms with Crippen molar-refractivity contribution in [1.82, 2.24) is 9.58 Å². The normalized spacial score (nSPS) is 31.1. The highest BCUT2D eigenvalue weighted by atomic mass is 35.5. The van der Waals surface area contributed by atoms with Crippen LogP contribution in [0.5, 0.6) is 0 Å². The summed E-state index contributed by atoms with van der Waals surface area (Å²) in [4.78, 5) is 26.6. The molecule has 34 heavy (non-hydrogen) atoms. The van der Waals surface area contributed by atoms with Crippen LogP contribution in [0.2, 0.25) is 5.02 Å². The van der Waals surface area contributed by atoms with Gasteiger partial charge in [0, 0.05) is 33.7 Å². The number of carbonyl (C=O) groups is 2. The zero-order valence-corrected chi connectivity index (χ0v) is 19.5. The van der Waals surface area contributed by atoms with Crippen molar-refractivity contribution in [3.63, 3.8) is 0 Å². The lowest BCUT2D eigenvalue weighted by Gasteiger charge is -2.37. The lowest BCUT2D eigenvalue weighted by molar-refractivity contribution is -0.140. The van der Waals surface area contributed by atoms with Gasteiger partial charge < -0.3 is 4.57 Å². The summed E-state index contributed by atoms with van der Waals surface area (Å²) in [5.41, 5.74) is 4.04. The Hall–Kier alpha value is -3.18. The molecule has 2 heterocycles. The summed E-state index contributed by atoms with van der Waals surface area (Å²) >= 11 is 6.44. The highest BCUT2D eigenvalue weighted by molar-refractivity contribution is 6.31. The summed E-state index contributed by atoms with van der Waals surface area (Å²) in [6.07, 6.45) is 7.23. The maximum Gasteiger partial charge on any atom is 0.254 e. The largest absolute Gasteiger partial charge is 0.340 e. The van der Waals surface area contributed by atoms with E-state index in [0.717, 1.165) is 44.2 Å². The number of carbonyl (C=O) groups excluding carboxylic acids is 2. The standard InChI is InChI=1S/C28H24ClN3O2/c1-15-22(17-7-3-5-9-24(17)31(15)14-16-6-2-4-8-23(16)29)13-30-32-27(33)25-18-10-11-19(21-12-20(18)21)26(25)28(32)34/h2-11,13,18-21,25-26H,12,14H2,1H3/b30-13-/t18-,19-,20-,21+,25-,26-/m1/s1. The van der Waals surface area contributed by atoms with Gasteiger partial charge in [0.1, 0.15) is 0 Å². The molecule has 4 aliphatic carbocycles. The van der Waals surface area contributed by atoms with Gasteiger partial charge in [-0.3, -0.25) is 9.59 Å². The zero-order chi connectivity index (χ0) is 23.1. The molecule has 1 saturated heterocycles. The van der Waals surface area contributed by atoms with Crippen LogP contribution in [0.25, 0.3) is 10.9 Å². The van der Waals surface area contributed by atoms with E-state index in [2.05, 4.69) is 34.0 Å². The Labute approximate surface area is 202 Å². The first-order valence-corrected chi connectivity index (χ1v) is 12.3. The molecule has 8 rings (SSSR count). The van der Waals surface area contributed by atoms with Crippen molar-refractivity contribution in [1.29, 1.82) is 0 Å². The van der Waals surface area contributed by atoms with Gasteiger partial charge in [-0.15, -0.1) is 0 Å². The van der Waals surface area contributed by atoms with E-state index in [1.807, 2.05) is 43.3 Å². The zero-order valence-electron chi connectivity index (χ0n) is 18.8. The number of aromatic nitrogens is 1. The van der Waals surface area contributed by atoms with E-state index in [-0.39, 0.29) is 35.5 Å². The fourth-order valence-corrected chi connectivity index (χ4v) is 6.99. The Morgan fingerprint density at radius 3 is 2.32 bits per heavy atom. The number of allylic oxidation sites excluding steroid dienone is 2. The number of nitrogens with zero attached hydrogens (tertiary/aromatic N) is 3. The van der Waals surface area contributed by atoms with Gasteiger partial charge in [-0.05, 0) is 54.7 Å². The molecule has 2 aromatic carbocycles. The van der Waals surface area contributed by atoms with E-state index in [9.17, 15) is 9.59 Å². The molecule has 170 valence electrons. The van der Waals surface area contributed by atoms with Gasteiger partial charge in [0.15, 0.2) is 0 Å². The average molecular weight is 470 g/mol. The van der Waals surface area contributed by atoms with E-state index in [1.165, 1.54) is 0 Å². The second-order valence-electron chi connectivity index (χ2n) is 10.1. The Bertz CT molecular complexity index is 1400. The third kappa shape index (κ3) is 2.70. The first-order valence-electron chi connectivity index (χ1n) is 12.0. The Morgan fingerprint density at radius 2 is 1.62 bits per heavy atom. The van der Waals surface area contributed by atoms with Gasteiger partial charge in [-0.2, -0.15) is 10.1 Å². The number of amides is 2. The number of hydrazone groups is 1. The van der Waals surface area contributed by atoms with Gasteiger partial charge in [0.05, 0.1) is 18.1 Å². The van der Waals surface area contributed by atoms with Crippen LogP contribution in [0.3, 0.4) is 0 Å². The van der Waals surface area contributed by atoms with Crippen LogP contribution in [0, 0.1) is 42.4 Å². The van der Waals surface area contributed by atoms with Crippen molar-refractivity contribution < 1.29 is 9.59 Å². The van der Waals surface area contributed by atoms with Crippen LogP contribution in [0.4, 0.5) is 0 Å². The molecule has 3 fully saturated rings. The molecule has 1 aromatic heterocycles. The lowest BCUT2D eigenvalue weighted by Crippen LogP contribution is -2.40. The summed E-state index contributed by atoms with van der Waals surface area (Å²) in [7, 11) is 0. The third-order valence-corrected chi connectivity index (χ3v) is 8.88. The first-order chi connectivity index (χ1) is 16.5. The monoisotopic (exact) mass is 469 g/mol. The molecular weight excluding hydrogens is 446 g/mol. The van der Waals surface area contributed by atoms with Crippen molar-refractivity contribution in [3.8, 4) is 0 Å². The Morgan fingerprint density at radius 1 is 0.971 bits per heavy atom. The molecule has 1 aliphatic heterocycles. The number of para-hydroxylation sites is 1. The summed E-state index contributed by atoms with van der Waals surface area (Å²) in [6, 6.07) is 16.0. The van der Waals surface area contributed by atoms with Crippen LogP contribution < -0.4 is 0 Å². The van der Waals surface area contributed by atoms with Gasteiger partial charge in [0.2, 0.25) is 0 Å². The Balaban J connectivity index is 1.25. The van der Waals surface area contributed by atoms with Crippen molar-refractivity contribution in [2.75, 3.05) is 0 Å². The summed E-state index contributed by atoms with van der Waals surface area (Å²) in [6.45, 7) is 2.67. The molecule has 0 radical (unpaired) electrons. The van der Waals surface area contributed by atoms with Crippen LogP contribution in [-0.2, 0) is 16.1 Å². The van der Waals surface area contributed by atoms with E-state index in [0.29, 0.717) is 18.4 Å². The smallest absolute Gasteiger partial charge is 0.254 e. The number of hydrogen-bond acceptors (Lipinski definition) is 3. The minimum absolute atomic E-state index is 0.131. The molecule has 6 heteroatoms. The highest BCUT2D eigenvalue weighted by Gasteiger charge is 2.67. The molecular formula is C28H24ClN3O2. The minimum Gasteiger partial charge on any atom is -0.340 e. The quantitative estimate of drug-likeness (QED) is 0.305. The molecule has 0 N–H and O–H groups in total. The van der Waals surface area contributed by atoms with E-state index in [4.69, 9.17) is 11.6 Å². The van der Waals surface area contributed by atoms with E-state index < -0.39 is 0 Å². The molecule has 0 unspecified atom stereocenters. The predicted octanol–water partition coefficient (Wildman–Crippen LogP) is 5.04. The molecule has 5 aliphatic rings. The fraction of sp³-hybridized carbons (Fsp3) is 0.321. The number of hydrogen-bond donors (Lipinski definition) is 0. The molecule has 2 amide bonds. The second kappa shape index (κ2) is 7.16. The third-order valence-electron chi connectivity index (χ3n) is 8.51. The summed E-state index contributed by atoms with van der Waals surface area (Å²) in [5.74, 6) is 0.856. The van der Waals surface area contributed by atoms with Crippen LogP contribution in [-0.4, -0.2) is 27.6 Å². The molecule has 3 aromatic rings. The van der Waals surface area contributed by atoms with Crippen LogP contribution >= 0.6 is 11.6 Å². The maximum atomic E-state index is 13.3. The van der Waals surface area contributed by atoms with Crippen molar-refractivity contribution in [3.05, 3.63) is 82.5 Å². The average Bonchev–Trinajstić information content (AvgIpc) is 3.59. The summed E-state index contributed by atoms with van der Waals surface area (Å²) in [5, 5.41) is 7.43. The van der Waals surface area contributed by atoms with Crippen molar-refractivity contribution >= 4 is 40.5 Å². The van der Waals surface area contributed by atoms with Gasteiger partial charge >= 0.3 is 0 Å². The number of halogens is 1. The SMILES string of the molecule is Cc1c(/C=N\N2C(=O)[C@@H]3[C@@H]4C=C[C@H]([C@@H]5C[C@H]45)[C@H]3C2=O)c2ccccc2n1Cc1ccccc1Cl. The van der Waals surface area contributed by atoms with Crippen LogP contribution in [0.1, 0.15) is 23.2 Å². The van der Waals surface area contributed by atoms with Crippen molar-refractivity contribution in [2.45, 2.75) is 19.9 Å². The van der Waals surface area contributed by atoms with Gasteiger partial charge in [-0.1, -0.05) is 60.2 Å². The number of imide groups is 1. The van der Waals surface area contributed by atoms with Crippen molar-refractivity contribution in [2.24, 2.45) is 40.6 Å². The molecule has 0 spiro atoms. The molecule has 2 saturated carbocycles. The first kappa shape index (κ1) is 20.2. The second-order valence-corrected chi connectivity index (χ2v) is 10.5. The number of rotatable bonds is 4. The maximum absolute atomic E-state index is 13.3. The van der Waals surface area contributed by atoms with Crippen LogP contribution in [0.15, 0.2) is 65.8 Å². The number of benzene rings is 2. The van der Waals surface area contributed by atoms with E-state index >= 15 is 0 Å². The lowest BCUT2D eigenvalue weighted by atomic mass is 9.63. The predicted molar refractivity (Wildman–Crippen MR) is 131 cm³/mol. The molecule has 6 atom stereocenters. The summed E-state index contributed by atoms with van der Waals surface area (Å²) < 4.78 is 2.21. The fourth-order valence-electron chi connectivity index (χ4n) is 6.79. The molecule has 5 nitrogen and oxygen atoms in total. The molecule has 2 bridgehead atoms.